The molecule has 0 fully saturated rings. The van der Waals surface area contributed by atoms with E-state index < -0.39 is 0 Å². The molecule has 1 aromatic carbocycles. The summed E-state index contributed by atoms with van der Waals surface area (Å²) < 4.78 is 2.80. The van der Waals surface area contributed by atoms with Gasteiger partial charge in [-0.1, -0.05) is 17.7 Å². The zero-order chi connectivity index (χ0) is 14.5. The van der Waals surface area contributed by atoms with Crippen LogP contribution in [-0.4, -0.2) is 21.4 Å². The average molecular weight is 374 g/mol. The van der Waals surface area contributed by atoms with Gasteiger partial charge >= 0.3 is 0 Å². The first-order valence-corrected chi connectivity index (χ1v) is 7.61. The average Bonchev–Trinajstić information content (AvgIpc) is 2.80. The summed E-state index contributed by atoms with van der Waals surface area (Å²) in [4.78, 5) is 0. The highest BCUT2D eigenvalue weighted by Crippen LogP contribution is 2.19. The fourth-order valence-electron chi connectivity index (χ4n) is 1.59. The van der Waals surface area contributed by atoms with E-state index >= 15 is 0 Å². The van der Waals surface area contributed by atoms with Crippen molar-refractivity contribution in [3.8, 4) is 0 Å². The lowest BCUT2D eigenvalue weighted by Gasteiger charge is -2.11. The van der Waals surface area contributed by atoms with Crippen molar-refractivity contribution in [2.24, 2.45) is 0 Å². The van der Waals surface area contributed by atoms with E-state index in [4.69, 9.17) is 23.8 Å². The molecule has 0 unspecified atom stereocenters. The van der Waals surface area contributed by atoms with Gasteiger partial charge < -0.3 is 10.6 Å². The summed E-state index contributed by atoms with van der Waals surface area (Å²) in [6.45, 7) is 3.40. The van der Waals surface area contributed by atoms with Crippen molar-refractivity contribution in [3.63, 3.8) is 0 Å². The van der Waals surface area contributed by atoms with Crippen LogP contribution < -0.4 is 10.6 Å². The number of hydrogen-bond acceptors (Lipinski definition) is 2. The predicted octanol–water partition coefficient (Wildman–Crippen LogP) is 3.59. The molecular weight excluding hydrogens is 360 g/mol. The Kier molecular flexibility index (Phi) is 5.39. The molecule has 106 valence electrons. The minimum absolute atomic E-state index is 0.566. The van der Waals surface area contributed by atoms with Crippen LogP contribution in [0, 0.1) is 6.92 Å². The predicted molar refractivity (Wildman–Crippen MR) is 90.3 cm³/mol. The van der Waals surface area contributed by atoms with Crippen molar-refractivity contribution in [2.45, 2.75) is 13.5 Å². The molecule has 0 aliphatic rings. The summed E-state index contributed by atoms with van der Waals surface area (Å²) in [5, 5.41) is 11.7. The Labute approximate surface area is 136 Å². The van der Waals surface area contributed by atoms with Crippen LogP contribution in [0.4, 0.5) is 5.69 Å². The third-order valence-corrected chi connectivity index (χ3v) is 3.72. The maximum absolute atomic E-state index is 6.06. The highest BCUT2D eigenvalue weighted by molar-refractivity contribution is 9.10. The number of hydrogen-bond donors (Lipinski definition) is 2. The summed E-state index contributed by atoms with van der Waals surface area (Å²) in [5.41, 5.74) is 1.92. The van der Waals surface area contributed by atoms with Crippen LogP contribution in [0.3, 0.4) is 0 Å². The molecule has 1 heterocycles. The van der Waals surface area contributed by atoms with E-state index in [1.54, 1.807) is 6.20 Å². The van der Waals surface area contributed by atoms with E-state index in [0.717, 1.165) is 27.3 Å². The van der Waals surface area contributed by atoms with Crippen LogP contribution >= 0.6 is 39.7 Å². The molecule has 0 saturated heterocycles. The van der Waals surface area contributed by atoms with Crippen molar-refractivity contribution in [2.75, 3.05) is 11.9 Å². The van der Waals surface area contributed by atoms with Crippen LogP contribution in [0.2, 0.25) is 5.02 Å². The maximum Gasteiger partial charge on any atom is 0.170 e. The van der Waals surface area contributed by atoms with Gasteiger partial charge in [-0.25, -0.2) is 0 Å². The largest absolute Gasteiger partial charge is 0.361 e. The van der Waals surface area contributed by atoms with Gasteiger partial charge in [0.1, 0.15) is 0 Å². The minimum atomic E-state index is 0.566. The van der Waals surface area contributed by atoms with Gasteiger partial charge in [0, 0.05) is 23.5 Å². The lowest BCUT2D eigenvalue weighted by atomic mass is 10.2. The van der Waals surface area contributed by atoms with E-state index in [2.05, 4.69) is 31.7 Å². The second-order valence-electron chi connectivity index (χ2n) is 4.27. The monoisotopic (exact) mass is 372 g/mol. The molecule has 0 radical (unpaired) electrons. The number of thiocarbonyl (C=S) groups is 1. The van der Waals surface area contributed by atoms with E-state index in [-0.39, 0.29) is 0 Å². The molecule has 0 bridgehead atoms. The molecule has 0 saturated carbocycles. The van der Waals surface area contributed by atoms with E-state index in [1.807, 2.05) is 36.0 Å². The molecule has 0 amide bonds. The lowest BCUT2D eigenvalue weighted by Crippen LogP contribution is -2.31. The second kappa shape index (κ2) is 7.06. The number of anilines is 1. The number of nitrogens with one attached hydrogen (secondary N) is 2. The van der Waals surface area contributed by atoms with Gasteiger partial charge in [-0.15, -0.1) is 0 Å². The fourth-order valence-corrected chi connectivity index (χ4v) is 2.32. The van der Waals surface area contributed by atoms with Crippen LogP contribution in [-0.2, 0) is 6.54 Å². The quantitative estimate of drug-likeness (QED) is 0.804. The van der Waals surface area contributed by atoms with Crippen LogP contribution in [0.15, 0.2) is 35.1 Å². The van der Waals surface area contributed by atoms with Crippen molar-refractivity contribution in [3.05, 3.63) is 45.7 Å². The number of halogens is 2. The van der Waals surface area contributed by atoms with Gasteiger partial charge in [0.15, 0.2) is 5.11 Å². The highest BCUT2D eigenvalue weighted by Gasteiger charge is 2.01. The Morgan fingerprint density at radius 2 is 2.30 bits per heavy atom. The van der Waals surface area contributed by atoms with Gasteiger partial charge in [0.2, 0.25) is 0 Å². The Hall–Kier alpha value is -1.11. The van der Waals surface area contributed by atoms with Gasteiger partial charge in [0.25, 0.3) is 0 Å². The highest BCUT2D eigenvalue weighted by atomic mass is 79.9. The summed E-state index contributed by atoms with van der Waals surface area (Å²) in [5.74, 6) is 0. The second-order valence-corrected chi connectivity index (χ2v) is 6.00. The molecule has 1 aromatic heterocycles. The van der Waals surface area contributed by atoms with E-state index in [1.165, 1.54) is 0 Å². The molecule has 0 atom stereocenters. The summed E-state index contributed by atoms with van der Waals surface area (Å²) >= 11 is 14.6. The lowest BCUT2D eigenvalue weighted by molar-refractivity contribution is 0.604. The molecule has 7 heteroatoms. The molecule has 0 spiro atoms. The Morgan fingerprint density at radius 3 is 2.95 bits per heavy atom. The number of benzene rings is 1. The van der Waals surface area contributed by atoms with Crippen LogP contribution in [0.1, 0.15) is 5.56 Å². The van der Waals surface area contributed by atoms with Crippen molar-refractivity contribution in [1.82, 2.24) is 15.1 Å². The Morgan fingerprint density at radius 1 is 1.50 bits per heavy atom. The fraction of sp³-hybridized carbons (Fsp3) is 0.231. The third kappa shape index (κ3) is 4.47. The Bertz CT molecular complexity index is 614. The van der Waals surface area contributed by atoms with Gasteiger partial charge in [0.05, 0.1) is 17.2 Å². The standard InChI is InChI=1S/C13H14BrClN4S/c1-9-2-3-11(6-12(9)15)18-13(20)16-4-5-19-8-10(14)7-17-19/h2-3,6-8H,4-5H2,1H3,(H2,16,18,20). The first-order chi connectivity index (χ1) is 9.54. The normalized spacial score (nSPS) is 10.3. The summed E-state index contributed by atoms with van der Waals surface area (Å²) in [6, 6.07) is 5.75. The molecule has 0 aliphatic heterocycles. The van der Waals surface area contributed by atoms with Gasteiger partial charge in [-0.3, -0.25) is 4.68 Å². The summed E-state index contributed by atoms with van der Waals surface area (Å²) in [6.07, 6.45) is 3.67. The number of nitrogens with zero attached hydrogens (tertiary/aromatic N) is 2. The molecular formula is C13H14BrClN4S. The molecule has 4 nitrogen and oxygen atoms in total. The zero-order valence-corrected chi connectivity index (χ0v) is 14.0. The van der Waals surface area contributed by atoms with Crippen LogP contribution in [0.25, 0.3) is 0 Å². The van der Waals surface area contributed by atoms with E-state index in [9.17, 15) is 0 Å². The van der Waals surface area contributed by atoms with Gasteiger partial charge in [-0.05, 0) is 52.8 Å². The smallest absolute Gasteiger partial charge is 0.170 e. The number of aryl methyl sites for hydroxylation is 1. The van der Waals surface area contributed by atoms with Crippen molar-refractivity contribution in [1.29, 1.82) is 0 Å². The Balaban J connectivity index is 1.79. The zero-order valence-electron chi connectivity index (χ0n) is 10.9. The number of rotatable bonds is 4. The van der Waals surface area contributed by atoms with Crippen molar-refractivity contribution < 1.29 is 0 Å². The van der Waals surface area contributed by atoms with Crippen molar-refractivity contribution >= 4 is 50.5 Å². The van der Waals surface area contributed by atoms with Gasteiger partial charge in [-0.2, -0.15) is 5.10 Å². The maximum atomic E-state index is 6.06. The third-order valence-electron chi connectivity index (χ3n) is 2.66. The first-order valence-electron chi connectivity index (χ1n) is 6.03. The number of aromatic nitrogens is 2. The molecule has 0 aliphatic carbocycles. The van der Waals surface area contributed by atoms with E-state index in [0.29, 0.717) is 11.7 Å². The van der Waals surface area contributed by atoms with Crippen LogP contribution in [0.5, 0.6) is 0 Å². The SMILES string of the molecule is Cc1ccc(NC(=S)NCCn2cc(Br)cn2)cc1Cl. The molecule has 2 aromatic rings. The minimum Gasteiger partial charge on any atom is -0.361 e. The topological polar surface area (TPSA) is 41.9 Å². The molecule has 2 N–H and O–H groups in total. The molecule has 20 heavy (non-hydrogen) atoms. The summed E-state index contributed by atoms with van der Waals surface area (Å²) in [7, 11) is 0. The molecule has 2 rings (SSSR count). The first kappa shape index (κ1) is 15.3.